The third kappa shape index (κ3) is 4.21. The number of aromatic nitrogens is 2. The van der Waals surface area contributed by atoms with Crippen LogP contribution in [-0.4, -0.2) is 34.9 Å². The third-order valence-corrected chi connectivity index (χ3v) is 3.90. The monoisotopic (exact) mass is 299 g/mol. The Morgan fingerprint density at radius 2 is 2.25 bits per heavy atom. The first-order chi connectivity index (χ1) is 9.68. The van der Waals surface area contributed by atoms with Gasteiger partial charge in [0.1, 0.15) is 5.69 Å². The van der Waals surface area contributed by atoms with Crippen molar-refractivity contribution in [3.05, 3.63) is 16.9 Å². The number of nitrogens with zero attached hydrogens (tertiary/aromatic N) is 2. The Hall–Kier alpha value is -1.07. The smallest absolute Gasteiger partial charge is 0.271 e. The van der Waals surface area contributed by atoms with E-state index in [-0.39, 0.29) is 5.91 Å². The lowest BCUT2D eigenvalue weighted by Crippen LogP contribution is -2.28. The minimum absolute atomic E-state index is 0.187. The number of aryl methyl sites for hydroxylation is 1. The molecular formula is C14H22ClN3O2. The van der Waals surface area contributed by atoms with Crippen LogP contribution in [0.15, 0.2) is 6.20 Å². The van der Waals surface area contributed by atoms with Gasteiger partial charge in [0.25, 0.3) is 5.91 Å². The summed E-state index contributed by atoms with van der Waals surface area (Å²) in [5.74, 6) is -0.187. The van der Waals surface area contributed by atoms with Crippen LogP contribution in [0.25, 0.3) is 0 Å². The molecule has 1 aromatic heterocycles. The molecule has 1 N–H and O–H groups in total. The van der Waals surface area contributed by atoms with Crippen molar-refractivity contribution in [2.45, 2.75) is 44.6 Å². The lowest BCUT2D eigenvalue weighted by molar-refractivity contribution is 0.0273. The van der Waals surface area contributed by atoms with Gasteiger partial charge < -0.3 is 10.1 Å². The summed E-state index contributed by atoms with van der Waals surface area (Å²) in [7, 11) is 1.70. The SMILES string of the molecule is Cn1ncc(Cl)c1C(=O)NCCCOC1CCCCC1. The van der Waals surface area contributed by atoms with Gasteiger partial charge in [-0.15, -0.1) is 0 Å². The number of rotatable bonds is 6. The van der Waals surface area contributed by atoms with Crippen LogP contribution in [-0.2, 0) is 11.8 Å². The van der Waals surface area contributed by atoms with E-state index >= 15 is 0 Å². The highest BCUT2D eigenvalue weighted by Gasteiger charge is 2.15. The van der Waals surface area contributed by atoms with E-state index in [1.165, 1.54) is 43.0 Å². The van der Waals surface area contributed by atoms with Crippen molar-refractivity contribution in [1.82, 2.24) is 15.1 Å². The molecule has 1 saturated carbocycles. The van der Waals surface area contributed by atoms with Gasteiger partial charge in [-0.1, -0.05) is 30.9 Å². The molecule has 1 fully saturated rings. The van der Waals surface area contributed by atoms with Gasteiger partial charge in [0.15, 0.2) is 0 Å². The van der Waals surface area contributed by atoms with Crippen molar-refractivity contribution in [3.8, 4) is 0 Å². The molecule has 2 rings (SSSR count). The second-order valence-corrected chi connectivity index (χ2v) is 5.61. The van der Waals surface area contributed by atoms with Gasteiger partial charge in [0.2, 0.25) is 0 Å². The van der Waals surface area contributed by atoms with Gasteiger partial charge in [0.05, 0.1) is 17.3 Å². The van der Waals surface area contributed by atoms with Crippen LogP contribution < -0.4 is 5.32 Å². The standard InChI is InChI=1S/C14H22ClN3O2/c1-18-13(12(15)10-17-18)14(19)16-8-5-9-20-11-6-3-2-4-7-11/h10-11H,2-9H2,1H3,(H,16,19). The van der Waals surface area contributed by atoms with Crippen LogP contribution in [0, 0.1) is 0 Å². The van der Waals surface area contributed by atoms with Gasteiger partial charge >= 0.3 is 0 Å². The molecule has 1 aliphatic carbocycles. The maximum Gasteiger partial charge on any atom is 0.271 e. The Kier molecular flexibility index (Phi) is 5.86. The predicted octanol–water partition coefficient (Wildman–Crippen LogP) is 2.54. The number of carbonyl (C=O) groups excluding carboxylic acids is 1. The molecule has 0 spiro atoms. The van der Waals surface area contributed by atoms with E-state index in [9.17, 15) is 4.79 Å². The van der Waals surface area contributed by atoms with E-state index in [1.54, 1.807) is 7.05 Å². The van der Waals surface area contributed by atoms with Crippen molar-refractivity contribution in [2.24, 2.45) is 7.05 Å². The Balaban J connectivity index is 1.62. The first kappa shape index (κ1) is 15.3. The summed E-state index contributed by atoms with van der Waals surface area (Å²) in [4.78, 5) is 11.9. The first-order valence-electron chi connectivity index (χ1n) is 7.26. The second kappa shape index (κ2) is 7.64. The molecule has 5 nitrogen and oxygen atoms in total. The minimum atomic E-state index is -0.187. The van der Waals surface area contributed by atoms with E-state index in [4.69, 9.17) is 16.3 Å². The highest BCUT2D eigenvalue weighted by molar-refractivity contribution is 6.33. The molecule has 0 unspecified atom stereocenters. The molecule has 0 saturated heterocycles. The molecule has 1 heterocycles. The third-order valence-electron chi connectivity index (χ3n) is 3.62. The summed E-state index contributed by atoms with van der Waals surface area (Å²) in [5.41, 5.74) is 0.403. The topological polar surface area (TPSA) is 56.2 Å². The second-order valence-electron chi connectivity index (χ2n) is 5.20. The zero-order valence-corrected chi connectivity index (χ0v) is 12.7. The fraction of sp³-hybridized carbons (Fsp3) is 0.714. The highest BCUT2D eigenvalue weighted by atomic mass is 35.5. The highest BCUT2D eigenvalue weighted by Crippen LogP contribution is 2.20. The average Bonchev–Trinajstić information content (AvgIpc) is 2.79. The molecule has 112 valence electrons. The summed E-state index contributed by atoms with van der Waals surface area (Å²) < 4.78 is 7.29. The lowest BCUT2D eigenvalue weighted by Gasteiger charge is -2.21. The zero-order valence-electron chi connectivity index (χ0n) is 11.9. The fourth-order valence-corrected chi connectivity index (χ4v) is 2.76. The van der Waals surface area contributed by atoms with Crippen LogP contribution >= 0.6 is 11.6 Å². The van der Waals surface area contributed by atoms with E-state index in [1.807, 2.05) is 0 Å². The largest absolute Gasteiger partial charge is 0.378 e. The summed E-state index contributed by atoms with van der Waals surface area (Å²) in [6.07, 6.45) is 8.96. The van der Waals surface area contributed by atoms with Crippen molar-refractivity contribution < 1.29 is 9.53 Å². The Morgan fingerprint density at radius 1 is 1.50 bits per heavy atom. The van der Waals surface area contributed by atoms with E-state index in [2.05, 4.69) is 10.4 Å². The Labute approximate surface area is 124 Å². The molecular weight excluding hydrogens is 278 g/mol. The molecule has 0 radical (unpaired) electrons. The molecule has 0 bridgehead atoms. The Bertz CT molecular complexity index is 422. The van der Waals surface area contributed by atoms with Crippen molar-refractivity contribution >= 4 is 17.5 Å². The quantitative estimate of drug-likeness (QED) is 0.821. The summed E-state index contributed by atoms with van der Waals surface area (Å²) in [6, 6.07) is 0. The van der Waals surface area contributed by atoms with Crippen LogP contribution in [0.1, 0.15) is 49.0 Å². The van der Waals surface area contributed by atoms with Gasteiger partial charge in [-0.3, -0.25) is 9.48 Å². The molecule has 0 aromatic carbocycles. The minimum Gasteiger partial charge on any atom is -0.378 e. The summed E-state index contributed by atoms with van der Waals surface area (Å²) in [6.45, 7) is 1.29. The van der Waals surface area contributed by atoms with Crippen molar-refractivity contribution in [1.29, 1.82) is 0 Å². The van der Waals surface area contributed by atoms with Crippen LogP contribution in [0.2, 0.25) is 5.02 Å². The summed E-state index contributed by atoms with van der Waals surface area (Å²) in [5, 5.41) is 7.16. The number of carbonyl (C=O) groups is 1. The molecule has 1 aliphatic rings. The van der Waals surface area contributed by atoms with Crippen molar-refractivity contribution in [2.75, 3.05) is 13.2 Å². The number of nitrogens with one attached hydrogen (secondary N) is 1. The molecule has 6 heteroatoms. The maximum atomic E-state index is 11.9. The van der Waals surface area contributed by atoms with Gasteiger partial charge in [-0.25, -0.2) is 0 Å². The molecule has 0 atom stereocenters. The molecule has 1 amide bonds. The first-order valence-corrected chi connectivity index (χ1v) is 7.63. The molecule has 1 aromatic rings. The van der Waals surface area contributed by atoms with E-state index < -0.39 is 0 Å². The van der Waals surface area contributed by atoms with Crippen LogP contribution in [0.3, 0.4) is 0 Å². The normalized spacial score (nSPS) is 16.3. The summed E-state index contributed by atoms with van der Waals surface area (Å²) >= 11 is 5.91. The van der Waals surface area contributed by atoms with Crippen LogP contribution in [0.5, 0.6) is 0 Å². The zero-order chi connectivity index (χ0) is 14.4. The number of hydrogen-bond donors (Lipinski definition) is 1. The average molecular weight is 300 g/mol. The van der Waals surface area contributed by atoms with Gasteiger partial charge in [-0.2, -0.15) is 5.10 Å². The van der Waals surface area contributed by atoms with E-state index in [0.29, 0.717) is 30.0 Å². The molecule has 0 aliphatic heterocycles. The number of amides is 1. The molecule has 20 heavy (non-hydrogen) atoms. The van der Waals surface area contributed by atoms with Crippen LogP contribution in [0.4, 0.5) is 0 Å². The van der Waals surface area contributed by atoms with Crippen molar-refractivity contribution in [3.63, 3.8) is 0 Å². The predicted molar refractivity (Wildman–Crippen MR) is 78.0 cm³/mol. The lowest BCUT2D eigenvalue weighted by atomic mass is 9.98. The number of halogens is 1. The number of ether oxygens (including phenoxy) is 1. The van der Waals surface area contributed by atoms with Gasteiger partial charge in [-0.05, 0) is 19.3 Å². The van der Waals surface area contributed by atoms with E-state index in [0.717, 1.165) is 6.42 Å². The maximum absolute atomic E-state index is 11.9. The number of hydrogen-bond acceptors (Lipinski definition) is 3. The van der Waals surface area contributed by atoms with Gasteiger partial charge in [0, 0.05) is 20.2 Å². The fourth-order valence-electron chi connectivity index (χ4n) is 2.51. The Morgan fingerprint density at radius 3 is 2.90 bits per heavy atom.